The maximum atomic E-state index is 12.9. The van der Waals surface area contributed by atoms with Crippen LogP contribution in [0.1, 0.15) is 11.6 Å². The van der Waals surface area contributed by atoms with Gasteiger partial charge in [-0.2, -0.15) is 0 Å². The highest BCUT2D eigenvalue weighted by Gasteiger charge is 2.04. The topological polar surface area (TPSA) is 26.0 Å². The van der Waals surface area contributed by atoms with Gasteiger partial charge in [-0.05, 0) is 33.6 Å². The number of hydrogen-bond acceptors (Lipinski definition) is 1. The number of benzene rings is 1. The van der Waals surface area contributed by atoms with Crippen molar-refractivity contribution < 1.29 is 4.39 Å². The lowest BCUT2D eigenvalue weighted by molar-refractivity contribution is 0.617. The second kappa shape index (κ2) is 5.37. The van der Waals surface area contributed by atoms with E-state index in [9.17, 15) is 4.39 Å². The standard InChI is InChI=1S/C9H9BrFN.ClH/c1-2-9(12)6-3-4-7(10)8(11)5-6;/h2-5,9H,1,12H2;1H/t9-;/m1./s1. The molecule has 0 aliphatic carbocycles. The Morgan fingerprint density at radius 2 is 2.15 bits per heavy atom. The van der Waals surface area contributed by atoms with E-state index in [-0.39, 0.29) is 24.3 Å². The Labute approximate surface area is 91.4 Å². The van der Waals surface area contributed by atoms with Crippen LogP contribution in [0, 0.1) is 5.82 Å². The molecule has 0 heterocycles. The second-order valence-corrected chi connectivity index (χ2v) is 3.29. The van der Waals surface area contributed by atoms with Gasteiger partial charge in [-0.15, -0.1) is 19.0 Å². The average molecular weight is 267 g/mol. The molecule has 4 heteroatoms. The molecule has 2 N–H and O–H groups in total. The lowest BCUT2D eigenvalue weighted by atomic mass is 10.1. The summed E-state index contributed by atoms with van der Waals surface area (Å²) in [4.78, 5) is 0. The minimum Gasteiger partial charge on any atom is -0.321 e. The molecule has 0 bridgehead atoms. The molecule has 0 aliphatic heterocycles. The number of halogens is 3. The molecule has 1 nitrogen and oxygen atoms in total. The minimum atomic E-state index is -0.301. The summed E-state index contributed by atoms with van der Waals surface area (Å²) in [6.07, 6.45) is 1.57. The molecule has 0 radical (unpaired) electrons. The van der Waals surface area contributed by atoms with Crippen LogP contribution in [0.15, 0.2) is 35.3 Å². The summed E-state index contributed by atoms with van der Waals surface area (Å²) >= 11 is 3.06. The molecule has 0 aromatic heterocycles. The van der Waals surface area contributed by atoms with Crippen molar-refractivity contribution in [2.45, 2.75) is 6.04 Å². The highest BCUT2D eigenvalue weighted by atomic mass is 79.9. The molecule has 1 aromatic rings. The second-order valence-electron chi connectivity index (χ2n) is 2.44. The van der Waals surface area contributed by atoms with Gasteiger partial charge in [0, 0.05) is 6.04 Å². The molecule has 1 rings (SSSR count). The number of rotatable bonds is 2. The highest BCUT2D eigenvalue weighted by molar-refractivity contribution is 9.10. The van der Waals surface area contributed by atoms with Gasteiger partial charge in [-0.3, -0.25) is 0 Å². The first-order valence-electron chi connectivity index (χ1n) is 3.48. The first-order chi connectivity index (χ1) is 5.65. The summed E-state index contributed by atoms with van der Waals surface area (Å²) < 4.78 is 13.4. The van der Waals surface area contributed by atoms with Gasteiger partial charge in [-0.1, -0.05) is 12.1 Å². The van der Waals surface area contributed by atoms with Gasteiger partial charge in [-0.25, -0.2) is 4.39 Å². The van der Waals surface area contributed by atoms with Gasteiger partial charge in [0.05, 0.1) is 4.47 Å². The molecule has 0 saturated heterocycles. The Morgan fingerprint density at radius 3 is 2.62 bits per heavy atom. The predicted molar refractivity (Wildman–Crippen MR) is 58.5 cm³/mol. The fraction of sp³-hybridized carbons (Fsp3) is 0.111. The van der Waals surface area contributed by atoms with Crippen molar-refractivity contribution in [3.05, 3.63) is 46.7 Å². The fourth-order valence-corrected chi connectivity index (χ4v) is 1.10. The van der Waals surface area contributed by atoms with E-state index < -0.39 is 0 Å². The SMILES string of the molecule is C=C[C@@H](N)c1ccc(Br)c(F)c1.Cl. The van der Waals surface area contributed by atoms with E-state index in [1.165, 1.54) is 6.07 Å². The van der Waals surface area contributed by atoms with E-state index in [0.717, 1.165) is 5.56 Å². The first kappa shape index (κ1) is 12.6. The summed E-state index contributed by atoms with van der Waals surface area (Å²) in [6.45, 7) is 3.53. The van der Waals surface area contributed by atoms with Crippen LogP contribution >= 0.6 is 28.3 Å². The zero-order valence-corrected chi connectivity index (χ0v) is 9.24. The van der Waals surface area contributed by atoms with E-state index in [1.54, 1.807) is 18.2 Å². The van der Waals surface area contributed by atoms with Crippen LogP contribution in [0.3, 0.4) is 0 Å². The molecule has 72 valence electrons. The smallest absolute Gasteiger partial charge is 0.137 e. The molecule has 0 saturated carbocycles. The van der Waals surface area contributed by atoms with E-state index in [4.69, 9.17) is 5.73 Å². The maximum Gasteiger partial charge on any atom is 0.137 e. The largest absolute Gasteiger partial charge is 0.321 e. The van der Waals surface area contributed by atoms with Crippen molar-refractivity contribution in [2.75, 3.05) is 0 Å². The van der Waals surface area contributed by atoms with Crippen LogP contribution < -0.4 is 5.73 Å². The Morgan fingerprint density at radius 1 is 1.54 bits per heavy atom. The van der Waals surface area contributed by atoms with Crippen LogP contribution in [0.2, 0.25) is 0 Å². The zero-order valence-electron chi connectivity index (χ0n) is 6.84. The van der Waals surface area contributed by atoms with E-state index in [2.05, 4.69) is 22.5 Å². The molecular weight excluding hydrogens is 256 g/mol. The Balaban J connectivity index is 0.00000144. The molecule has 0 aliphatic rings. The third-order valence-corrected chi connectivity index (χ3v) is 2.23. The first-order valence-corrected chi connectivity index (χ1v) is 4.27. The summed E-state index contributed by atoms with van der Waals surface area (Å²) in [6, 6.07) is 4.50. The highest BCUT2D eigenvalue weighted by Crippen LogP contribution is 2.19. The van der Waals surface area contributed by atoms with Crippen molar-refractivity contribution in [1.29, 1.82) is 0 Å². The molecule has 13 heavy (non-hydrogen) atoms. The predicted octanol–water partition coefficient (Wildman–Crippen LogP) is 3.20. The molecule has 0 amide bonds. The summed E-state index contributed by atoms with van der Waals surface area (Å²) in [5.41, 5.74) is 6.34. The van der Waals surface area contributed by atoms with Crippen LogP contribution in [-0.2, 0) is 0 Å². The quantitative estimate of drug-likeness (QED) is 0.818. The van der Waals surface area contributed by atoms with Crippen molar-refractivity contribution in [3.8, 4) is 0 Å². The molecule has 0 spiro atoms. The third-order valence-electron chi connectivity index (χ3n) is 1.58. The molecule has 0 unspecified atom stereocenters. The van der Waals surface area contributed by atoms with Gasteiger partial charge in [0.15, 0.2) is 0 Å². The van der Waals surface area contributed by atoms with Crippen molar-refractivity contribution in [2.24, 2.45) is 5.73 Å². The minimum absolute atomic E-state index is 0. The van der Waals surface area contributed by atoms with Gasteiger partial charge in [0.25, 0.3) is 0 Å². The molecule has 0 fully saturated rings. The lowest BCUT2D eigenvalue weighted by Gasteiger charge is -2.06. The zero-order chi connectivity index (χ0) is 9.14. The van der Waals surface area contributed by atoms with Crippen molar-refractivity contribution >= 4 is 28.3 Å². The summed E-state index contributed by atoms with van der Waals surface area (Å²) in [5, 5.41) is 0. The third kappa shape index (κ3) is 3.10. The van der Waals surface area contributed by atoms with Gasteiger partial charge >= 0.3 is 0 Å². The normalized spacial score (nSPS) is 11.6. The summed E-state index contributed by atoms with van der Waals surface area (Å²) in [7, 11) is 0. The van der Waals surface area contributed by atoms with Gasteiger partial charge in [0.1, 0.15) is 5.82 Å². The van der Waals surface area contributed by atoms with E-state index >= 15 is 0 Å². The molecule has 1 atom stereocenters. The lowest BCUT2D eigenvalue weighted by Crippen LogP contribution is -2.06. The van der Waals surface area contributed by atoms with Gasteiger partial charge < -0.3 is 5.73 Å². The summed E-state index contributed by atoms with van der Waals surface area (Å²) in [5.74, 6) is -0.301. The Bertz CT molecular complexity index is 304. The maximum absolute atomic E-state index is 12.9. The average Bonchev–Trinajstić information content (AvgIpc) is 2.08. The van der Waals surface area contributed by atoms with Crippen LogP contribution in [0.5, 0.6) is 0 Å². The van der Waals surface area contributed by atoms with Gasteiger partial charge in [0.2, 0.25) is 0 Å². The Kier molecular flexibility index (Phi) is 5.21. The molecular formula is C9H10BrClFN. The van der Waals surface area contributed by atoms with Crippen LogP contribution in [0.25, 0.3) is 0 Å². The van der Waals surface area contributed by atoms with Crippen LogP contribution in [0.4, 0.5) is 4.39 Å². The number of nitrogens with two attached hydrogens (primary N) is 1. The van der Waals surface area contributed by atoms with E-state index in [0.29, 0.717) is 4.47 Å². The number of hydrogen-bond donors (Lipinski definition) is 1. The molecule has 1 aromatic carbocycles. The van der Waals surface area contributed by atoms with E-state index in [1.807, 2.05) is 0 Å². The monoisotopic (exact) mass is 265 g/mol. The van der Waals surface area contributed by atoms with Crippen molar-refractivity contribution in [3.63, 3.8) is 0 Å². The van der Waals surface area contributed by atoms with Crippen LogP contribution in [-0.4, -0.2) is 0 Å². The fourth-order valence-electron chi connectivity index (χ4n) is 0.856. The van der Waals surface area contributed by atoms with Crippen molar-refractivity contribution in [1.82, 2.24) is 0 Å². The Hall–Kier alpha value is -0.380.